The van der Waals surface area contributed by atoms with Gasteiger partial charge in [-0.15, -0.1) is 0 Å². The maximum atomic E-state index is 12.0. The van der Waals surface area contributed by atoms with Crippen LogP contribution in [0.4, 0.5) is 0 Å². The first-order valence-electron chi connectivity index (χ1n) is 7.11. The Bertz CT molecular complexity index is 335. The first-order valence-corrected chi connectivity index (χ1v) is 7.11. The van der Waals surface area contributed by atoms with E-state index in [0.717, 1.165) is 31.7 Å². The van der Waals surface area contributed by atoms with E-state index in [0.29, 0.717) is 12.8 Å². The number of nitrogens with zero attached hydrogens (tertiary/aromatic N) is 1. The number of nitrogens with two attached hydrogens (primary N) is 1. The van der Waals surface area contributed by atoms with E-state index in [1.165, 1.54) is 19.3 Å². The highest BCUT2D eigenvalue weighted by Gasteiger charge is 2.34. The number of hydrogen-bond donors (Lipinski definition) is 2. The standard InChI is InChI=1S/C14H23N3O/c15-10-14(16)7-4-12(5-8-14)13(18)17-9-6-11-2-1-3-11/h11-12H,1-9,16H2,(H,17,18). The van der Waals surface area contributed by atoms with Crippen molar-refractivity contribution in [1.29, 1.82) is 5.26 Å². The molecular weight excluding hydrogens is 226 g/mol. The third-order valence-corrected chi connectivity index (χ3v) is 4.55. The second-order valence-corrected chi connectivity index (χ2v) is 5.92. The van der Waals surface area contributed by atoms with E-state index in [1.54, 1.807) is 0 Å². The molecule has 0 radical (unpaired) electrons. The minimum Gasteiger partial charge on any atom is -0.356 e. The molecule has 0 aliphatic heterocycles. The van der Waals surface area contributed by atoms with E-state index in [2.05, 4.69) is 11.4 Å². The van der Waals surface area contributed by atoms with E-state index in [9.17, 15) is 4.79 Å². The lowest BCUT2D eigenvalue weighted by atomic mass is 9.77. The molecule has 0 unspecified atom stereocenters. The fraction of sp³-hybridized carbons (Fsp3) is 0.857. The summed E-state index contributed by atoms with van der Waals surface area (Å²) in [7, 11) is 0. The molecule has 0 atom stereocenters. The zero-order valence-electron chi connectivity index (χ0n) is 11.0. The fourth-order valence-electron chi connectivity index (χ4n) is 2.83. The fourth-order valence-corrected chi connectivity index (χ4v) is 2.83. The van der Waals surface area contributed by atoms with Crippen molar-refractivity contribution in [2.75, 3.05) is 6.54 Å². The van der Waals surface area contributed by atoms with Crippen molar-refractivity contribution in [3.05, 3.63) is 0 Å². The molecule has 2 saturated carbocycles. The summed E-state index contributed by atoms with van der Waals surface area (Å²) >= 11 is 0. The summed E-state index contributed by atoms with van der Waals surface area (Å²) in [5.41, 5.74) is 5.20. The van der Waals surface area contributed by atoms with Crippen molar-refractivity contribution < 1.29 is 4.79 Å². The van der Waals surface area contributed by atoms with Crippen LogP contribution in [0.25, 0.3) is 0 Å². The highest BCUT2D eigenvalue weighted by molar-refractivity contribution is 5.78. The van der Waals surface area contributed by atoms with Gasteiger partial charge in [-0.3, -0.25) is 4.79 Å². The van der Waals surface area contributed by atoms with Crippen molar-refractivity contribution in [3.8, 4) is 6.07 Å². The molecular formula is C14H23N3O. The molecule has 2 aliphatic rings. The summed E-state index contributed by atoms with van der Waals surface area (Å²) in [6.45, 7) is 0.812. The van der Waals surface area contributed by atoms with Crippen molar-refractivity contribution in [2.45, 2.75) is 56.9 Å². The molecule has 0 saturated heterocycles. The third-order valence-electron chi connectivity index (χ3n) is 4.55. The maximum absolute atomic E-state index is 12.0. The molecule has 100 valence electrons. The summed E-state index contributed by atoms with van der Waals surface area (Å²) in [4.78, 5) is 12.0. The number of nitriles is 1. The normalized spacial score (nSPS) is 32.3. The Balaban J connectivity index is 1.65. The first kappa shape index (κ1) is 13.4. The van der Waals surface area contributed by atoms with Crippen LogP contribution < -0.4 is 11.1 Å². The van der Waals surface area contributed by atoms with E-state index in [1.807, 2.05) is 0 Å². The summed E-state index contributed by atoms with van der Waals surface area (Å²) in [5.74, 6) is 1.07. The number of carbonyl (C=O) groups is 1. The quantitative estimate of drug-likeness (QED) is 0.796. The summed E-state index contributed by atoms with van der Waals surface area (Å²) in [5, 5.41) is 12.0. The lowest BCUT2D eigenvalue weighted by molar-refractivity contribution is -0.126. The molecule has 0 aromatic carbocycles. The molecule has 2 rings (SSSR count). The lowest BCUT2D eigenvalue weighted by Crippen LogP contribution is -2.44. The number of carbonyl (C=O) groups excluding carboxylic acids is 1. The average Bonchev–Trinajstić information content (AvgIpc) is 2.33. The third kappa shape index (κ3) is 3.23. The molecule has 0 bridgehead atoms. The van der Waals surface area contributed by atoms with E-state index in [4.69, 9.17) is 11.0 Å². The van der Waals surface area contributed by atoms with Crippen LogP contribution in [0.3, 0.4) is 0 Å². The Kier molecular flexibility index (Phi) is 4.23. The van der Waals surface area contributed by atoms with Crippen molar-refractivity contribution in [2.24, 2.45) is 17.6 Å². The van der Waals surface area contributed by atoms with Crippen molar-refractivity contribution >= 4 is 5.91 Å². The Hall–Kier alpha value is -1.08. The van der Waals surface area contributed by atoms with E-state index >= 15 is 0 Å². The highest BCUT2D eigenvalue weighted by atomic mass is 16.1. The van der Waals surface area contributed by atoms with Crippen LogP contribution in [0.15, 0.2) is 0 Å². The van der Waals surface area contributed by atoms with Crippen LogP contribution in [0.1, 0.15) is 51.4 Å². The minimum absolute atomic E-state index is 0.0661. The second kappa shape index (κ2) is 5.71. The second-order valence-electron chi connectivity index (χ2n) is 5.92. The summed E-state index contributed by atoms with van der Waals surface area (Å²) in [6, 6.07) is 2.16. The minimum atomic E-state index is -0.692. The van der Waals surface area contributed by atoms with Crippen LogP contribution in [-0.4, -0.2) is 18.0 Å². The molecule has 3 N–H and O–H groups in total. The molecule has 4 heteroatoms. The average molecular weight is 249 g/mol. The van der Waals surface area contributed by atoms with Gasteiger partial charge >= 0.3 is 0 Å². The van der Waals surface area contributed by atoms with Crippen LogP contribution in [-0.2, 0) is 4.79 Å². The zero-order valence-corrected chi connectivity index (χ0v) is 11.0. The van der Waals surface area contributed by atoms with Gasteiger partial charge in [0.25, 0.3) is 0 Å². The number of nitrogens with one attached hydrogen (secondary N) is 1. The van der Waals surface area contributed by atoms with Crippen LogP contribution in [0.2, 0.25) is 0 Å². The number of amides is 1. The van der Waals surface area contributed by atoms with Crippen molar-refractivity contribution in [3.63, 3.8) is 0 Å². The SMILES string of the molecule is N#CC1(N)CCC(C(=O)NCCC2CCC2)CC1. The predicted octanol–water partition coefficient (Wildman–Crippen LogP) is 1.70. The molecule has 4 nitrogen and oxygen atoms in total. The number of hydrogen-bond acceptors (Lipinski definition) is 3. The molecule has 0 aromatic rings. The van der Waals surface area contributed by atoms with Gasteiger partial charge in [0.05, 0.1) is 6.07 Å². The van der Waals surface area contributed by atoms with E-state index in [-0.39, 0.29) is 11.8 Å². The topological polar surface area (TPSA) is 78.9 Å². The summed E-state index contributed by atoms with van der Waals surface area (Å²) in [6.07, 6.45) is 7.92. The van der Waals surface area contributed by atoms with Crippen LogP contribution in [0.5, 0.6) is 0 Å². The van der Waals surface area contributed by atoms with Crippen molar-refractivity contribution in [1.82, 2.24) is 5.32 Å². The van der Waals surface area contributed by atoms with Gasteiger partial charge in [-0.25, -0.2) is 0 Å². The van der Waals surface area contributed by atoms with Gasteiger partial charge in [-0.05, 0) is 38.0 Å². The maximum Gasteiger partial charge on any atom is 0.223 e. The first-order chi connectivity index (χ1) is 8.63. The largest absolute Gasteiger partial charge is 0.356 e. The summed E-state index contributed by atoms with van der Waals surface area (Å²) < 4.78 is 0. The van der Waals surface area contributed by atoms with Gasteiger partial charge in [0.1, 0.15) is 5.54 Å². The Morgan fingerprint density at radius 1 is 1.33 bits per heavy atom. The van der Waals surface area contributed by atoms with Gasteiger partial charge in [0.2, 0.25) is 5.91 Å². The van der Waals surface area contributed by atoms with Gasteiger partial charge in [-0.1, -0.05) is 19.3 Å². The molecule has 2 aliphatic carbocycles. The Morgan fingerprint density at radius 2 is 2.00 bits per heavy atom. The van der Waals surface area contributed by atoms with Crippen LogP contribution in [0, 0.1) is 23.2 Å². The zero-order chi connectivity index (χ0) is 13.0. The van der Waals surface area contributed by atoms with Crippen LogP contribution >= 0.6 is 0 Å². The molecule has 0 heterocycles. The monoisotopic (exact) mass is 249 g/mol. The predicted molar refractivity (Wildman–Crippen MR) is 69.5 cm³/mol. The molecule has 1 amide bonds. The molecule has 2 fully saturated rings. The van der Waals surface area contributed by atoms with Gasteiger partial charge in [0.15, 0.2) is 0 Å². The van der Waals surface area contributed by atoms with Gasteiger partial charge in [0, 0.05) is 12.5 Å². The van der Waals surface area contributed by atoms with Gasteiger partial charge in [-0.2, -0.15) is 5.26 Å². The Labute approximate surface area is 109 Å². The van der Waals surface area contributed by atoms with E-state index < -0.39 is 5.54 Å². The van der Waals surface area contributed by atoms with Gasteiger partial charge < -0.3 is 11.1 Å². The molecule has 18 heavy (non-hydrogen) atoms. The Morgan fingerprint density at radius 3 is 2.50 bits per heavy atom. The molecule has 0 spiro atoms. The highest BCUT2D eigenvalue weighted by Crippen LogP contribution is 2.31. The smallest absolute Gasteiger partial charge is 0.223 e. The number of rotatable bonds is 4. The molecule has 0 aromatic heterocycles. The lowest BCUT2D eigenvalue weighted by Gasteiger charge is -2.31.